The minimum Gasteiger partial charge on any atom is -0.495 e. The molecule has 146 valence electrons. The SMILES string of the molecule is COc1ccc(C)cc1NC(=O)COC(=O)c1cc2c(cc1[N+](=O)[O-])OCO2. The molecule has 0 fully saturated rings. The lowest BCUT2D eigenvalue weighted by Crippen LogP contribution is -2.21. The zero-order chi connectivity index (χ0) is 20.3. The largest absolute Gasteiger partial charge is 0.495 e. The predicted molar refractivity (Wildman–Crippen MR) is 95.9 cm³/mol. The van der Waals surface area contributed by atoms with Gasteiger partial charge in [-0.15, -0.1) is 0 Å². The fourth-order valence-corrected chi connectivity index (χ4v) is 2.56. The maximum absolute atomic E-state index is 12.3. The molecule has 0 spiro atoms. The van der Waals surface area contributed by atoms with Crippen molar-refractivity contribution < 1.29 is 33.5 Å². The van der Waals surface area contributed by atoms with Crippen LogP contribution in [0.5, 0.6) is 17.2 Å². The van der Waals surface area contributed by atoms with Gasteiger partial charge in [0.25, 0.3) is 11.6 Å². The van der Waals surface area contributed by atoms with Crippen LogP contribution in [0.2, 0.25) is 0 Å². The number of nitro benzene ring substituents is 1. The Balaban J connectivity index is 1.70. The van der Waals surface area contributed by atoms with Crippen LogP contribution in [0.4, 0.5) is 11.4 Å². The van der Waals surface area contributed by atoms with Gasteiger partial charge in [-0.25, -0.2) is 4.79 Å². The topological polar surface area (TPSA) is 126 Å². The van der Waals surface area contributed by atoms with Gasteiger partial charge in [-0.1, -0.05) is 6.07 Å². The van der Waals surface area contributed by atoms with Crippen molar-refractivity contribution in [1.29, 1.82) is 0 Å². The van der Waals surface area contributed by atoms with Gasteiger partial charge in [-0.2, -0.15) is 0 Å². The van der Waals surface area contributed by atoms with Crippen LogP contribution in [0.25, 0.3) is 0 Å². The van der Waals surface area contributed by atoms with E-state index in [0.717, 1.165) is 17.7 Å². The molecular formula is C18H16N2O8. The van der Waals surface area contributed by atoms with E-state index in [0.29, 0.717) is 11.4 Å². The van der Waals surface area contributed by atoms with Crippen molar-refractivity contribution in [1.82, 2.24) is 0 Å². The molecule has 1 aliphatic rings. The Labute approximate surface area is 159 Å². The number of benzene rings is 2. The number of hydrogen-bond acceptors (Lipinski definition) is 8. The number of carbonyl (C=O) groups is 2. The molecule has 10 nitrogen and oxygen atoms in total. The molecule has 2 aromatic carbocycles. The number of nitro groups is 1. The third-order valence-corrected chi connectivity index (χ3v) is 3.87. The molecule has 0 unspecified atom stereocenters. The van der Waals surface area contributed by atoms with Crippen molar-refractivity contribution >= 4 is 23.3 Å². The maximum Gasteiger partial charge on any atom is 0.345 e. The Hall–Kier alpha value is -3.82. The standard InChI is InChI=1S/C18H16N2O8/c1-10-3-4-14(25-2)12(5-10)19-17(21)8-26-18(22)11-6-15-16(28-9-27-15)7-13(11)20(23)24/h3-7H,8-9H2,1-2H3,(H,19,21). The minimum atomic E-state index is -1.03. The summed E-state index contributed by atoms with van der Waals surface area (Å²) in [7, 11) is 1.46. The second-order valence-corrected chi connectivity index (χ2v) is 5.81. The lowest BCUT2D eigenvalue weighted by atomic mass is 10.1. The number of carbonyl (C=O) groups excluding carboxylic acids is 2. The third kappa shape index (κ3) is 3.95. The average molecular weight is 388 g/mol. The molecule has 0 aromatic heterocycles. The first-order valence-electron chi connectivity index (χ1n) is 8.08. The van der Waals surface area contributed by atoms with Crippen LogP contribution in [0, 0.1) is 17.0 Å². The van der Waals surface area contributed by atoms with E-state index in [1.807, 2.05) is 13.0 Å². The second-order valence-electron chi connectivity index (χ2n) is 5.81. The summed E-state index contributed by atoms with van der Waals surface area (Å²) < 4.78 is 20.3. The summed E-state index contributed by atoms with van der Waals surface area (Å²) in [4.78, 5) is 34.9. The molecule has 1 N–H and O–H groups in total. The van der Waals surface area contributed by atoms with Crippen LogP contribution in [0.15, 0.2) is 30.3 Å². The van der Waals surface area contributed by atoms with Crippen LogP contribution < -0.4 is 19.5 Å². The summed E-state index contributed by atoms with van der Waals surface area (Å²) in [5, 5.41) is 13.8. The Morgan fingerprint density at radius 3 is 2.61 bits per heavy atom. The molecule has 10 heteroatoms. The summed E-state index contributed by atoms with van der Waals surface area (Å²) in [6, 6.07) is 7.43. The van der Waals surface area contributed by atoms with Gasteiger partial charge in [0, 0.05) is 6.07 Å². The van der Waals surface area contributed by atoms with Gasteiger partial charge in [-0.05, 0) is 24.6 Å². The molecule has 0 saturated heterocycles. The Morgan fingerprint density at radius 2 is 1.93 bits per heavy atom. The van der Waals surface area contributed by atoms with Gasteiger partial charge < -0.3 is 24.3 Å². The van der Waals surface area contributed by atoms with Gasteiger partial charge in [-0.3, -0.25) is 14.9 Å². The molecule has 0 atom stereocenters. The number of methoxy groups -OCH3 is 1. The quantitative estimate of drug-likeness (QED) is 0.454. The highest BCUT2D eigenvalue weighted by Crippen LogP contribution is 2.38. The van der Waals surface area contributed by atoms with Gasteiger partial charge in [0.1, 0.15) is 11.3 Å². The van der Waals surface area contributed by atoms with E-state index in [1.54, 1.807) is 12.1 Å². The Bertz CT molecular complexity index is 957. The highest BCUT2D eigenvalue weighted by molar-refractivity contribution is 5.98. The van der Waals surface area contributed by atoms with Gasteiger partial charge >= 0.3 is 5.97 Å². The number of ether oxygens (including phenoxy) is 4. The van der Waals surface area contributed by atoms with Crippen molar-refractivity contribution in [2.75, 3.05) is 25.8 Å². The molecule has 1 aliphatic heterocycles. The summed E-state index contributed by atoms with van der Waals surface area (Å²) in [6.07, 6.45) is 0. The van der Waals surface area contributed by atoms with Crippen molar-refractivity contribution in [2.24, 2.45) is 0 Å². The molecular weight excluding hydrogens is 372 g/mol. The summed E-state index contributed by atoms with van der Waals surface area (Å²) in [5.74, 6) is -0.868. The summed E-state index contributed by atoms with van der Waals surface area (Å²) >= 11 is 0. The monoisotopic (exact) mass is 388 g/mol. The number of nitrogens with zero attached hydrogens (tertiary/aromatic N) is 1. The van der Waals surface area contributed by atoms with Crippen molar-refractivity contribution in [2.45, 2.75) is 6.92 Å². The first kappa shape index (κ1) is 19.0. The van der Waals surface area contributed by atoms with Gasteiger partial charge in [0.15, 0.2) is 18.1 Å². The molecule has 1 amide bonds. The van der Waals surface area contributed by atoms with Gasteiger partial charge in [0.05, 0.1) is 23.8 Å². The van der Waals surface area contributed by atoms with E-state index in [-0.39, 0.29) is 23.9 Å². The first-order chi connectivity index (χ1) is 13.4. The van der Waals surface area contributed by atoms with E-state index in [1.165, 1.54) is 7.11 Å². The second kappa shape index (κ2) is 7.82. The van der Waals surface area contributed by atoms with Crippen molar-refractivity contribution in [3.63, 3.8) is 0 Å². The molecule has 0 aliphatic carbocycles. The fraction of sp³-hybridized carbons (Fsp3) is 0.222. The third-order valence-electron chi connectivity index (χ3n) is 3.87. The van der Waals surface area contributed by atoms with Crippen LogP contribution in [0.3, 0.4) is 0 Å². The number of nitrogens with one attached hydrogen (secondary N) is 1. The maximum atomic E-state index is 12.3. The summed E-state index contributed by atoms with van der Waals surface area (Å²) in [6.45, 7) is 1.10. The zero-order valence-electron chi connectivity index (χ0n) is 15.0. The Morgan fingerprint density at radius 1 is 1.21 bits per heavy atom. The lowest BCUT2D eigenvalue weighted by Gasteiger charge is -2.11. The van der Waals surface area contributed by atoms with Crippen LogP contribution in [-0.2, 0) is 9.53 Å². The number of aryl methyl sites for hydroxylation is 1. The molecule has 0 radical (unpaired) electrons. The van der Waals surface area contributed by atoms with Crippen LogP contribution in [-0.4, -0.2) is 37.3 Å². The van der Waals surface area contributed by atoms with E-state index in [9.17, 15) is 19.7 Å². The Kier molecular flexibility index (Phi) is 5.30. The van der Waals surface area contributed by atoms with E-state index < -0.39 is 29.1 Å². The number of amides is 1. The zero-order valence-corrected chi connectivity index (χ0v) is 15.0. The van der Waals surface area contributed by atoms with Crippen molar-refractivity contribution in [3.8, 4) is 17.2 Å². The highest BCUT2D eigenvalue weighted by Gasteiger charge is 2.28. The van der Waals surface area contributed by atoms with Gasteiger partial charge in [0.2, 0.25) is 6.79 Å². The molecule has 28 heavy (non-hydrogen) atoms. The average Bonchev–Trinajstić information content (AvgIpc) is 3.12. The molecule has 1 heterocycles. The first-order valence-corrected chi connectivity index (χ1v) is 8.08. The number of rotatable bonds is 6. The number of hydrogen-bond donors (Lipinski definition) is 1. The lowest BCUT2D eigenvalue weighted by molar-refractivity contribution is -0.385. The fourth-order valence-electron chi connectivity index (χ4n) is 2.56. The van der Waals surface area contributed by atoms with Crippen LogP contribution >= 0.6 is 0 Å². The molecule has 2 aromatic rings. The minimum absolute atomic E-state index is 0.105. The molecule has 3 rings (SSSR count). The summed E-state index contributed by atoms with van der Waals surface area (Å²) in [5.41, 5.74) is 0.465. The van der Waals surface area contributed by atoms with E-state index in [4.69, 9.17) is 18.9 Å². The predicted octanol–water partition coefficient (Wildman–Crippen LogP) is 2.44. The van der Waals surface area contributed by atoms with Crippen LogP contribution in [0.1, 0.15) is 15.9 Å². The van der Waals surface area contributed by atoms with E-state index >= 15 is 0 Å². The number of anilines is 1. The molecule has 0 bridgehead atoms. The number of fused-ring (bicyclic) bond motifs is 1. The van der Waals surface area contributed by atoms with Crippen molar-refractivity contribution in [3.05, 3.63) is 51.6 Å². The van der Waals surface area contributed by atoms with E-state index in [2.05, 4.69) is 5.32 Å². The molecule has 0 saturated carbocycles. The smallest absolute Gasteiger partial charge is 0.345 e. The normalized spacial score (nSPS) is 11.6. The highest BCUT2D eigenvalue weighted by atomic mass is 16.7. The number of esters is 1.